The first-order valence-corrected chi connectivity index (χ1v) is 8.89. The number of allylic oxidation sites excluding steroid dienone is 2. The van der Waals surface area contributed by atoms with Gasteiger partial charge in [0.2, 0.25) is 5.91 Å². The summed E-state index contributed by atoms with van der Waals surface area (Å²) in [6, 6.07) is -0.983. The molecule has 0 heterocycles. The van der Waals surface area contributed by atoms with E-state index >= 15 is 0 Å². The number of carboxylic acid groups (broad SMARTS) is 1. The zero-order chi connectivity index (χ0) is 17.3. The fourth-order valence-corrected chi connectivity index (χ4v) is 2.30. The lowest BCUT2D eigenvalue weighted by atomic mass is 10.1. The standard InChI is InChI=1S/C18H33NO4/c1-2-3-4-5-6-7-8-9-10-11-12-13-17(21)19-16(14-15-20)18(22)23/h7-8,16,20H,2-6,9-15H2,1H3,(H,19,21)(H,22,23)/t16-/m0/s1. The first-order valence-electron chi connectivity index (χ1n) is 8.89. The van der Waals surface area contributed by atoms with Gasteiger partial charge in [-0.2, -0.15) is 0 Å². The van der Waals surface area contributed by atoms with E-state index in [-0.39, 0.29) is 18.9 Å². The molecule has 0 aromatic rings. The maximum Gasteiger partial charge on any atom is 0.326 e. The average molecular weight is 327 g/mol. The minimum Gasteiger partial charge on any atom is -0.480 e. The monoisotopic (exact) mass is 327 g/mol. The number of aliphatic hydroxyl groups is 1. The Morgan fingerprint density at radius 1 is 1.00 bits per heavy atom. The first kappa shape index (κ1) is 21.6. The van der Waals surface area contributed by atoms with Gasteiger partial charge < -0.3 is 15.5 Å². The van der Waals surface area contributed by atoms with Gasteiger partial charge in [-0.25, -0.2) is 4.79 Å². The number of nitrogens with one attached hydrogen (secondary N) is 1. The molecule has 23 heavy (non-hydrogen) atoms. The lowest BCUT2D eigenvalue weighted by Gasteiger charge is -2.12. The molecule has 0 aliphatic carbocycles. The topological polar surface area (TPSA) is 86.6 Å². The van der Waals surface area contributed by atoms with Gasteiger partial charge in [-0.1, -0.05) is 44.8 Å². The number of aliphatic carboxylic acids is 1. The number of carboxylic acids is 1. The van der Waals surface area contributed by atoms with E-state index in [2.05, 4.69) is 24.4 Å². The Bertz CT molecular complexity index is 342. The van der Waals surface area contributed by atoms with Crippen molar-refractivity contribution in [2.45, 2.75) is 83.6 Å². The van der Waals surface area contributed by atoms with Crippen LogP contribution in [-0.2, 0) is 9.59 Å². The number of aliphatic hydroxyl groups excluding tert-OH is 1. The number of rotatable bonds is 15. The first-order chi connectivity index (χ1) is 11.1. The molecule has 1 amide bonds. The SMILES string of the molecule is CCCCCCC=CCCCCCC(=O)N[C@@H](CCO)C(=O)O. The summed E-state index contributed by atoms with van der Waals surface area (Å²) in [5.74, 6) is -1.35. The lowest BCUT2D eigenvalue weighted by Crippen LogP contribution is -2.41. The van der Waals surface area contributed by atoms with Gasteiger partial charge in [-0.05, 0) is 32.1 Å². The molecule has 0 fully saturated rings. The molecule has 134 valence electrons. The molecular weight excluding hydrogens is 294 g/mol. The number of unbranched alkanes of at least 4 members (excludes halogenated alkanes) is 7. The van der Waals surface area contributed by atoms with Gasteiger partial charge in [0.25, 0.3) is 0 Å². The van der Waals surface area contributed by atoms with Crippen LogP contribution in [0.5, 0.6) is 0 Å². The molecular formula is C18H33NO4. The zero-order valence-corrected chi connectivity index (χ0v) is 14.4. The normalized spacial score (nSPS) is 12.4. The Balaban J connectivity index is 3.54. The number of hydrogen-bond acceptors (Lipinski definition) is 3. The van der Waals surface area contributed by atoms with Crippen molar-refractivity contribution in [2.75, 3.05) is 6.61 Å². The van der Waals surface area contributed by atoms with E-state index in [9.17, 15) is 9.59 Å². The third-order valence-electron chi connectivity index (χ3n) is 3.72. The predicted molar refractivity (Wildman–Crippen MR) is 92.3 cm³/mol. The maximum atomic E-state index is 11.6. The van der Waals surface area contributed by atoms with Crippen molar-refractivity contribution >= 4 is 11.9 Å². The molecule has 0 bridgehead atoms. The van der Waals surface area contributed by atoms with Crippen molar-refractivity contribution in [2.24, 2.45) is 0 Å². The van der Waals surface area contributed by atoms with Crippen LogP contribution in [0.15, 0.2) is 12.2 Å². The van der Waals surface area contributed by atoms with Gasteiger partial charge in [-0.3, -0.25) is 4.79 Å². The molecule has 1 atom stereocenters. The van der Waals surface area contributed by atoms with Crippen molar-refractivity contribution < 1.29 is 19.8 Å². The molecule has 0 aliphatic heterocycles. The molecule has 0 aliphatic rings. The van der Waals surface area contributed by atoms with E-state index in [4.69, 9.17) is 10.2 Å². The lowest BCUT2D eigenvalue weighted by molar-refractivity contribution is -0.142. The molecule has 0 aromatic heterocycles. The van der Waals surface area contributed by atoms with Crippen LogP contribution in [0.25, 0.3) is 0 Å². The Labute approximate surface area is 140 Å². The van der Waals surface area contributed by atoms with Gasteiger partial charge >= 0.3 is 5.97 Å². The summed E-state index contributed by atoms with van der Waals surface area (Å²) in [7, 11) is 0. The number of amides is 1. The second kappa shape index (κ2) is 15.5. The molecule has 5 heteroatoms. The predicted octanol–water partition coefficient (Wildman–Crippen LogP) is 3.42. The van der Waals surface area contributed by atoms with Gasteiger partial charge in [0.05, 0.1) is 0 Å². The quantitative estimate of drug-likeness (QED) is 0.318. The largest absolute Gasteiger partial charge is 0.480 e. The van der Waals surface area contributed by atoms with Gasteiger partial charge in [0.1, 0.15) is 6.04 Å². The third kappa shape index (κ3) is 14.0. The molecule has 3 N–H and O–H groups in total. The molecule has 0 spiro atoms. The number of carbonyl (C=O) groups is 2. The molecule has 0 unspecified atom stereocenters. The minimum absolute atomic E-state index is 0.0458. The van der Waals surface area contributed by atoms with Crippen LogP contribution in [0.4, 0.5) is 0 Å². The van der Waals surface area contributed by atoms with E-state index in [0.29, 0.717) is 6.42 Å². The van der Waals surface area contributed by atoms with Crippen LogP contribution in [0.3, 0.4) is 0 Å². The summed E-state index contributed by atoms with van der Waals surface area (Å²) in [4.78, 5) is 22.5. The number of carbonyl (C=O) groups excluding carboxylic acids is 1. The number of hydrogen-bond donors (Lipinski definition) is 3. The second-order valence-electron chi connectivity index (χ2n) is 5.89. The summed E-state index contributed by atoms with van der Waals surface area (Å²) in [5.41, 5.74) is 0. The molecule has 0 radical (unpaired) electrons. The highest BCUT2D eigenvalue weighted by molar-refractivity contribution is 5.83. The molecule has 0 saturated carbocycles. The minimum atomic E-state index is -1.10. The van der Waals surface area contributed by atoms with Crippen molar-refractivity contribution in [3.8, 4) is 0 Å². The van der Waals surface area contributed by atoms with Crippen molar-refractivity contribution in [1.82, 2.24) is 5.32 Å². The summed E-state index contributed by atoms with van der Waals surface area (Å²) in [6.07, 6.45) is 15.0. The third-order valence-corrected chi connectivity index (χ3v) is 3.72. The molecule has 0 aromatic carbocycles. The fourth-order valence-electron chi connectivity index (χ4n) is 2.30. The smallest absolute Gasteiger partial charge is 0.326 e. The van der Waals surface area contributed by atoms with Crippen LogP contribution in [-0.4, -0.2) is 34.7 Å². The van der Waals surface area contributed by atoms with Crippen molar-refractivity contribution in [3.63, 3.8) is 0 Å². The van der Waals surface area contributed by atoms with Crippen LogP contribution in [0.1, 0.15) is 77.6 Å². The van der Waals surface area contributed by atoms with Crippen LogP contribution in [0, 0.1) is 0 Å². The summed E-state index contributed by atoms with van der Waals surface area (Å²) < 4.78 is 0. The van der Waals surface area contributed by atoms with E-state index in [0.717, 1.165) is 32.1 Å². The van der Waals surface area contributed by atoms with Gasteiger partial charge in [-0.15, -0.1) is 0 Å². The fraction of sp³-hybridized carbons (Fsp3) is 0.778. The molecule has 5 nitrogen and oxygen atoms in total. The highest BCUT2D eigenvalue weighted by Crippen LogP contribution is 2.07. The Kier molecular flexibility index (Phi) is 14.6. The zero-order valence-electron chi connectivity index (χ0n) is 14.4. The second-order valence-corrected chi connectivity index (χ2v) is 5.89. The Hall–Kier alpha value is -1.36. The molecule has 0 saturated heterocycles. The maximum absolute atomic E-state index is 11.6. The van der Waals surface area contributed by atoms with E-state index in [1.165, 1.54) is 25.7 Å². The van der Waals surface area contributed by atoms with E-state index < -0.39 is 12.0 Å². The van der Waals surface area contributed by atoms with Gasteiger partial charge in [0, 0.05) is 19.4 Å². The summed E-state index contributed by atoms with van der Waals surface area (Å²) >= 11 is 0. The van der Waals surface area contributed by atoms with Crippen molar-refractivity contribution in [1.29, 1.82) is 0 Å². The van der Waals surface area contributed by atoms with E-state index in [1.54, 1.807) is 0 Å². The van der Waals surface area contributed by atoms with E-state index in [1.807, 2.05) is 0 Å². The van der Waals surface area contributed by atoms with Gasteiger partial charge in [0.15, 0.2) is 0 Å². The van der Waals surface area contributed by atoms with Crippen LogP contribution >= 0.6 is 0 Å². The Morgan fingerprint density at radius 2 is 1.61 bits per heavy atom. The summed E-state index contributed by atoms with van der Waals surface area (Å²) in [5, 5.41) is 20.1. The average Bonchev–Trinajstić information content (AvgIpc) is 2.52. The highest BCUT2D eigenvalue weighted by Gasteiger charge is 2.18. The highest BCUT2D eigenvalue weighted by atomic mass is 16.4. The van der Waals surface area contributed by atoms with Crippen LogP contribution in [0.2, 0.25) is 0 Å². The molecule has 0 rings (SSSR count). The Morgan fingerprint density at radius 3 is 2.13 bits per heavy atom. The van der Waals surface area contributed by atoms with Crippen LogP contribution < -0.4 is 5.32 Å². The van der Waals surface area contributed by atoms with Crippen molar-refractivity contribution in [3.05, 3.63) is 12.2 Å². The summed E-state index contributed by atoms with van der Waals surface area (Å²) in [6.45, 7) is 1.96.